The average molecular weight is 155 g/mol. The average Bonchev–Trinajstić information content (AvgIpc) is 2.00. The molecule has 0 aromatic carbocycles. The van der Waals surface area contributed by atoms with E-state index in [9.17, 15) is 9.59 Å². The van der Waals surface area contributed by atoms with E-state index in [-0.39, 0.29) is 5.78 Å². The molecule has 11 heavy (non-hydrogen) atoms. The van der Waals surface area contributed by atoms with Crippen LogP contribution in [-0.4, -0.2) is 17.4 Å². The van der Waals surface area contributed by atoms with Crippen LogP contribution in [0.5, 0.6) is 0 Å². The van der Waals surface area contributed by atoms with Gasteiger partial charge in [0.05, 0.1) is 0 Å². The zero-order valence-electron chi connectivity index (χ0n) is 7.18. The number of ketones is 1. The highest BCUT2D eigenvalue weighted by Crippen LogP contribution is 2.20. The maximum Gasteiger partial charge on any atom is 0.235 e. The van der Waals surface area contributed by atoms with Crippen molar-refractivity contribution in [3.05, 3.63) is 0 Å². The Balaban J connectivity index is 4.74. The van der Waals surface area contributed by atoms with Crippen molar-refractivity contribution < 1.29 is 9.59 Å². The first-order chi connectivity index (χ1) is 5.13. The van der Waals surface area contributed by atoms with Gasteiger partial charge in [-0.2, -0.15) is 4.99 Å². The van der Waals surface area contributed by atoms with Crippen LogP contribution in [0.4, 0.5) is 0 Å². The molecule has 0 aromatic heterocycles. The maximum atomic E-state index is 11.0. The zero-order chi connectivity index (χ0) is 8.91. The first kappa shape index (κ1) is 10.0. The largest absolute Gasteiger partial charge is 0.297 e. The van der Waals surface area contributed by atoms with Gasteiger partial charge in [-0.3, -0.25) is 4.79 Å². The second-order valence-corrected chi connectivity index (χ2v) is 2.50. The van der Waals surface area contributed by atoms with Crippen LogP contribution in [0, 0.1) is 0 Å². The monoisotopic (exact) mass is 155 g/mol. The zero-order valence-corrected chi connectivity index (χ0v) is 7.18. The van der Waals surface area contributed by atoms with Gasteiger partial charge in [0, 0.05) is 0 Å². The molecule has 0 radical (unpaired) electrons. The minimum atomic E-state index is -0.804. The Hall–Kier alpha value is -0.950. The van der Waals surface area contributed by atoms with Crippen LogP contribution in [0.2, 0.25) is 0 Å². The molecule has 0 spiro atoms. The molecule has 0 unspecified atom stereocenters. The van der Waals surface area contributed by atoms with E-state index >= 15 is 0 Å². The van der Waals surface area contributed by atoms with Crippen LogP contribution in [0.1, 0.15) is 33.6 Å². The Bertz CT molecular complexity index is 184. The summed E-state index contributed by atoms with van der Waals surface area (Å²) in [6.07, 6.45) is 2.57. The first-order valence-corrected chi connectivity index (χ1v) is 3.73. The van der Waals surface area contributed by atoms with Crippen LogP contribution in [0.3, 0.4) is 0 Å². The lowest BCUT2D eigenvalue weighted by Gasteiger charge is -2.20. The van der Waals surface area contributed by atoms with E-state index < -0.39 is 5.54 Å². The van der Waals surface area contributed by atoms with Crippen LogP contribution in [-0.2, 0) is 9.59 Å². The van der Waals surface area contributed by atoms with Gasteiger partial charge in [0.15, 0.2) is 5.78 Å². The molecule has 62 valence electrons. The molecule has 0 bridgehead atoms. The predicted molar refractivity (Wildman–Crippen MR) is 42.1 cm³/mol. The summed E-state index contributed by atoms with van der Waals surface area (Å²) >= 11 is 0. The molecular weight excluding hydrogens is 142 g/mol. The van der Waals surface area contributed by atoms with Gasteiger partial charge in [-0.1, -0.05) is 13.8 Å². The summed E-state index contributed by atoms with van der Waals surface area (Å²) < 4.78 is 0. The minimum Gasteiger partial charge on any atom is -0.297 e. The van der Waals surface area contributed by atoms with Gasteiger partial charge in [0.2, 0.25) is 6.08 Å². The normalized spacial score (nSPS) is 10.5. The Morgan fingerprint density at radius 3 is 2.00 bits per heavy atom. The van der Waals surface area contributed by atoms with Gasteiger partial charge >= 0.3 is 0 Å². The fraction of sp³-hybridized carbons (Fsp3) is 0.750. The van der Waals surface area contributed by atoms with Gasteiger partial charge in [-0.05, 0) is 19.8 Å². The molecule has 0 fully saturated rings. The lowest BCUT2D eigenvalue weighted by atomic mass is 9.90. The van der Waals surface area contributed by atoms with Crippen molar-refractivity contribution >= 4 is 11.9 Å². The molecule has 0 aliphatic carbocycles. The second kappa shape index (κ2) is 4.04. The number of Topliss-reactive ketones (excluding diaryl/α,β-unsaturated/α-hetero) is 1. The molecular formula is C8H13NO2. The smallest absolute Gasteiger partial charge is 0.235 e. The third-order valence-electron chi connectivity index (χ3n) is 2.08. The van der Waals surface area contributed by atoms with Gasteiger partial charge in [0.1, 0.15) is 5.54 Å². The minimum absolute atomic E-state index is 0.0640. The Kier molecular flexibility index (Phi) is 3.69. The third kappa shape index (κ3) is 1.99. The standard InChI is InChI=1S/C8H13NO2/c1-4-8(5-2,7(3)11)9-6-10/h4-5H2,1-3H3. The highest BCUT2D eigenvalue weighted by Gasteiger charge is 2.30. The number of hydrogen-bond donors (Lipinski definition) is 0. The van der Waals surface area contributed by atoms with Gasteiger partial charge in [-0.15, -0.1) is 0 Å². The summed E-state index contributed by atoms with van der Waals surface area (Å²) in [6.45, 7) is 5.13. The molecule has 0 aliphatic heterocycles. The second-order valence-electron chi connectivity index (χ2n) is 2.50. The number of carbonyl (C=O) groups excluding carboxylic acids is 2. The molecule has 0 amide bonds. The number of aliphatic imine (C=N–C) groups is 1. The number of hydrogen-bond acceptors (Lipinski definition) is 3. The van der Waals surface area contributed by atoms with Crippen LogP contribution < -0.4 is 0 Å². The van der Waals surface area contributed by atoms with E-state index in [1.54, 1.807) is 0 Å². The van der Waals surface area contributed by atoms with Gasteiger partial charge in [0.25, 0.3) is 0 Å². The molecule has 0 saturated heterocycles. The lowest BCUT2D eigenvalue weighted by molar-refractivity contribution is -0.122. The van der Waals surface area contributed by atoms with Crippen molar-refractivity contribution in [2.45, 2.75) is 39.2 Å². The van der Waals surface area contributed by atoms with Crippen molar-refractivity contribution in [2.75, 3.05) is 0 Å². The van der Waals surface area contributed by atoms with E-state index in [2.05, 4.69) is 4.99 Å². The SMILES string of the molecule is CCC(CC)(N=C=O)C(C)=O. The van der Waals surface area contributed by atoms with Gasteiger partial charge in [-0.25, -0.2) is 4.79 Å². The quantitative estimate of drug-likeness (QED) is 0.456. The maximum absolute atomic E-state index is 11.0. The summed E-state index contributed by atoms with van der Waals surface area (Å²) in [4.78, 5) is 24.6. The number of nitrogens with zero attached hydrogens (tertiary/aromatic N) is 1. The van der Waals surface area contributed by atoms with E-state index in [1.807, 2.05) is 13.8 Å². The highest BCUT2D eigenvalue weighted by atomic mass is 16.1. The molecule has 0 saturated carbocycles. The lowest BCUT2D eigenvalue weighted by Crippen LogP contribution is -2.33. The van der Waals surface area contributed by atoms with E-state index in [1.165, 1.54) is 13.0 Å². The van der Waals surface area contributed by atoms with E-state index in [0.717, 1.165) is 0 Å². The molecule has 0 heterocycles. The molecule has 3 heteroatoms. The molecule has 0 rings (SSSR count). The van der Waals surface area contributed by atoms with Gasteiger partial charge < -0.3 is 0 Å². The van der Waals surface area contributed by atoms with Crippen LogP contribution in [0.15, 0.2) is 4.99 Å². The summed E-state index contributed by atoms with van der Waals surface area (Å²) in [6, 6.07) is 0. The van der Waals surface area contributed by atoms with Crippen molar-refractivity contribution in [3.63, 3.8) is 0 Å². The Labute approximate surface area is 66.5 Å². The summed E-state index contributed by atoms with van der Waals surface area (Å²) in [5, 5.41) is 0. The number of isocyanates is 1. The Morgan fingerprint density at radius 2 is 1.91 bits per heavy atom. The molecule has 0 aliphatic rings. The molecule has 0 atom stereocenters. The molecule has 3 nitrogen and oxygen atoms in total. The molecule has 0 N–H and O–H groups in total. The fourth-order valence-corrected chi connectivity index (χ4v) is 1.07. The third-order valence-corrected chi connectivity index (χ3v) is 2.08. The number of rotatable bonds is 4. The van der Waals surface area contributed by atoms with Crippen molar-refractivity contribution in [2.24, 2.45) is 4.99 Å². The van der Waals surface area contributed by atoms with E-state index in [4.69, 9.17) is 0 Å². The number of carbonyl (C=O) groups is 1. The van der Waals surface area contributed by atoms with Crippen molar-refractivity contribution in [3.8, 4) is 0 Å². The summed E-state index contributed by atoms with van der Waals surface area (Å²) in [7, 11) is 0. The summed E-state index contributed by atoms with van der Waals surface area (Å²) in [5.74, 6) is -0.0640. The topological polar surface area (TPSA) is 46.5 Å². The predicted octanol–water partition coefficient (Wildman–Crippen LogP) is 1.47. The highest BCUT2D eigenvalue weighted by molar-refractivity contribution is 5.86. The summed E-state index contributed by atoms with van der Waals surface area (Å²) in [5.41, 5.74) is -0.804. The van der Waals surface area contributed by atoms with Crippen molar-refractivity contribution in [1.82, 2.24) is 0 Å². The van der Waals surface area contributed by atoms with Crippen LogP contribution >= 0.6 is 0 Å². The Morgan fingerprint density at radius 1 is 1.45 bits per heavy atom. The van der Waals surface area contributed by atoms with Crippen molar-refractivity contribution in [1.29, 1.82) is 0 Å². The first-order valence-electron chi connectivity index (χ1n) is 3.73. The van der Waals surface area contributed by atoms with Crippen LogP contribution in [0.25, 0.3) is 0 Å². The van der Waals surface area contributed by atoms with E-state index in [0.29, 0.717) is 12.8 Å². The molecule has 0 aromatic rings. The fourth-order valence-electron chi connectivity index (χ4n) is 1.07.